The first-order valence-corrected chi connectivity index (χ1v) is 11.0. The molecule has 2 aromatic heterocycles. The molecule has 3 heterocycles. The standard InChI is InChI=1S/C19H21FN6O2S/c1-21-19-18-16(22-5-6-23-18)12-15(24-19)13-3-4-17(14(20)11-13)25-7-9-26(10-8-25)29(2,27)28/h3-6,11-12H,7-10H2,1-2H3,(H,21,24). The van der Waals surface area contributed by atoms with Gasteiger partial charge in [0.25, 0.3) is 0 Å². The number of halogens is 1. The maximum absolute atomic E-state index is 14.9. The predicted octanol–water partition coefficient (Wildman–Crippen LogP) is 1.95. The van der Waals surface area contributed by atoms with Crippen LogP contribution in [0, 0.1) is 5.82 Å². The molecule has 1 saturated heterocycles. The minimum absolute atomic E-state index is 0.344. The lowest BCUT2D eigenvalue weighted by Gasteiger charge is -2.34. The summed E-state index contributed by atoms with van der Waals surface area (Å²) in [6.07, 6.45) is 4.40. The van der Waals surface area contributed by atoms with E-state index in [1.54, 1.807) is 31.6 Å². The van der Waals surface area contributed by atoms with E-state index in [2.05, 4.69) is 20.3 Å². The molecule has 152 valence electrons. The average Bonchev–Trinajstić information content (AvgIpc) is 2.72. The number of piperazine rings is 1. The Morgan fingerprint density at radius 3 is 2.45 bits per heavy atom. The van der Waals surface area contributed by atoms with E-state index in [-0.39, 0.29) is 5.82 Å². The van der Waals surface area contributed by atoms with Crippen LogP contribution in [0.2, 0.25) is 0 Å². The Labute approximate surface area is 168 Å². The van der Waals surface area contributed by atoms with Crippen LogP contribution >= 0.6 is 0 Å². The van der Waals surface area contributed by atoms with Crippen molar-refractivity contribution in [3.8, 4) is 11.3 Å². The molecule has 0 amide bonds. The second-order valence-corrected chi connectivity index (χ2v) is 8.83. The van der Waals surface area contributed by atoms with Gasteiger partial charge in [0.05, 0.1) is 23.2 Å². The van der Waals surface area contributed by atoms with Crippen molar-refractivity contribution in [2.75, 3.05) is 49.7 Å². The summed E-state index contributed by atoms with van der Waals surface area (Å²) in [4.78, 5) is 15.0. The summed E-state index contributed by atoms with van der Waals surface area (Å²) >= 11 is 0. The highest BCUT2D eigenvalue weighted by molar-refractivity contribution is 7.88. The highest BCUT2D eigenvalue weighted by Gasteiger charge is 2.25. The zero-order valence-corrected chi connectivity index (χ0v) is 16.9. The molecule has 0 aliphatic carbocycles. The van der Waals surface area contributed by atoms with E-state index in [1.807, 2.05) is 11.0 Å². The lowest BCUT2D eigenvalue weighted by molar-refractivity contribution is 0.386. The van der Waals surface area contributed by atoms with E-state index in [1.165, 1.54) is 16.6 Å². The number of pyridine rings is 1. The van der Waals surface area contributed by atoms with E-state index in [0.717, 1.165) is 0 Å². The van der Waals surface area contributed by atoms with Gasteiger partial charge in [0.15, 0.2) is 5.82 Å². The van der Waals surface area contributed by atoms with Crippen LogP contribution in [0.3, 0.4) is 0 Å². The van der Waals surface area contributed by atoms with Gasteiger partial charge in [-0.2, -0.15) is 4.31 Å². The molecule has 1 aromatic carbocycles. The van der Waals surface area contributed by atoms with Gasteiger partial charge in [-0.15, -0.1) is 0 Å². The molecule has 10 heteroatoms. The van der Waals surface area contributed by atoms with Gasteiger partial charge in [0.1, 0.15) is 11.3 Å². The summed E-state index contributed by atoms with van der Waals surface area (Å²) in [5.74, 6) is 0.203. The van der Waals surface area contributed by atoms with Crippen LogP contribution in [0.15, 0.2) is 36.7 Å². The van der Waals surface area contributed by atoms with Crippen molar-refractivity contribution in [1.29, 1.82) is 0 Å². The highest BCUT2D eigenvalue weighted by Crippen LogP contribution is 2.29. The minimum atomic E-state index is -3.22. The van der Waals surface area contributed by atoms with Crippen molar-refractivity contribution < 1.29 is 12.8 Å². The average molecular weight is 416 g/mol. The first-order chi connectivity index (χ1) is 13.9. The number of nitrogens with one attached hydrogen (secondary N) is 1. The molecule has 0 unspecified atom stereocenters. The number of benzene rings is 1. The molecule has 8 nitrogen and oxygen atoms in total. The summed E-state index contributed by atoms with van der Waals surface area (Å²) in [6.45, 7) is 1.57. The van der Waals surface area contributed by atoms with E-state index in [0.29, 0.717) is 60.0 Å². The number of sulfonamides is 1. The van der Waals surface area contributed by atoms with Gasteiger partial charge < -0.3 is 10.2 Å². The normalized spacial score (nSPS) is 15.6. The second-order valence-electron chi connectivity index (χ2n) is 6.85. The lowest BCUT2D eigenvalue weighted by atomic mass is 10.1. The fourth-order valence-corrected chi connectivity index (χ4v) is 4.30. The van der Waals surface area contributed by atoms with Crippen LogP contribution < -0.4 is 10.2 Å². The van der Waals surface area contributed by atoms with Crippen molar-refractivity contribution in [3.05, 3.63) is 42.5 Å². The molecule has 0 saturated carbocycles. The Bertz CT molecular complexity index is 1160. The molecule has 0 bridgehead atoms. The highest BCUT2D eigenvalue weighted by atomic mass is 32.2. The van der Waals surface area contributed by atoms with Crippen LogP contribution in [-0.4, -0.2) is 67.2 Å². The van der Waals surface area contributed by atoms with E-state index in [9.17, 15) is 12.8 Å². The van der Waals surface area contributed by atoms with Crippen LogP contribution in [0.25, 0.3) is 22.3 Å². The summed E-state index contributed by atoms with van der Waals surface area (Å²) in [5.41, 5.74) is 3.00. The Morgan fingerprint density at radius 2 is 1.79 bits per heavy atom. The Morgan fingerprint density at radius 1 is 1.07 bits per heavy atom. The van der Waals surface area contributed by atoms with Crippen molar-refractivity contribution in [1.82, 2.24) is 19.3 Å². The van der Waals surface area contributed by atoms with E-state index < -0.39 is 10.0 Å². The number of hydrogen-bond donors (Lipinski definition) is 1. The first-order valence-electron chi connectivity index (χ1n) is 9.16. The Kier molecular flexibility index (Phi) is 5.05. The molecule has 4 rings (SSSR count). The van der Waals surface area contributed by atoms with Gasteiger partial charge in [-0.05, 0) is 18.2 Å². The topological polar surface area (TPSA) is 91.3 Å². The monoisotopic (exact) mass is 416 g/mol. The largest absolute Gasteiger partial charge is 0.371 e. The zero-order valence-electron chi connectivity index (χ0n) is 16.1. The smallest absolute Gasteiger partial charge is 0.211 e. The van der Waals surface area contributed by atoms with Gasteiger partial charge in [-0.25, -0.2) is 22.8 Å². The number of fused-ring (bicyclic) bond motifs is 1. The van der Waals surface area contributed by atoms with Gasteiger partial charge in [0.2, 0.25) is 10.0 Å². The number of nitrogens with zero attached hydrogens (tertiary/aromatic N) is 5. The number of rotatable bonds is 4. The SMILES string of the molecule is CNc1nc(-c2ccc(N3CCN(S(C)(=O)=O)CC3)c(F)c2)cc2nccnc12. The molecular formula is C19H21FN6O2S. The zero-order chi connectivity index (χ0) is 20.6. The molecule has 1 N–H and O–H groups in total. The summed E-state index contributed by atoms with van der Waals surface area (Å²) in [7, 11) is -1.47. The Balaban J connectivity index is 1.62. The predicted molar refractivity (Wildman–Crippen MR) is 111 cm³/mol. The number of aromatic nitrogens is 3. The molecule has 1 aliphatic heterocycles. The second kappa shape index (κ2) is 7.53. The fraction of sp³-hybridized carbons (Fsp3) is 0.316. The third-order valence-corrected chi connectivity index (χ3v) is 6.29. The summed E-state index contributed by atoms with van der Waals surface area (Å²) in [6, 6.07) is 6.75. The van der Waals surface area contributed by atoms with Crippen molar-refractivity contribution in [3.63, 3.8) is 0 Å². The number of anilines is 2. The first kappa shape index (κ1) is 19.5. The maximum atomic E-state index is 14.9. The lowest BCUT2D eigenvalue weighted by Crippen LogP contribution is -2.48. The fourth-order valence-electron chi connectivity index (χ4n) is 3.48. The third-order valence-electron chi connectivity index (χ3n) is 4.99. The molecule has 29 heavy (non-hydrogen) atoms. The molecule has 0 atom stereocenters. The minimum Gasteiger partial charge on any atom is -0.371 e. The quantitative estimate of drug-likeness (QED) is 0.695. The molecule has 1 aliphatic rings. The van der Waals surface area contributed by atoms with E-state index in [4.69, 9.17) is 0 Å². The van der Waals surface area contributed by atoms with Crippen molar-refractivity contribution >= 4 is 32.6 Å². The Hall–Kier alpha value is -2.85. The number of hydrogen-bond acceptors (Lipinski definition) is 7. The molecular weight excluding hydrogens is 395 g/mol. The van der Waals surface area contributed by atoms with Gasteiger partial charge in [-0.1, -0.05) is 6.07 Å². The van der Waals surface area contributed by atoms with Gasteiger partial charge >= 0.3 is 0 Å². The molecule has 1 fully saturated rings. The van der Waals surface area contributed by atoms with Crippen LogP contribution in [0.4, 0.5) is 15.9 Å². The van der Waals surface area contributed by atoms with Gasteiger partial charge in [0, 0.05) is 51.2 Å². The molecule has 0 spiro atoms. The van der Waals surface area contributed by atoms with Crippen LogP contribution in [0.1, 0.15) is 0 Å². The summed E-state index contributed by atoms with van der Waals surface area (Å²) in [5, 5.41) is 3.00. The van der Waals surface area contributed by atoms with Crippen molar-refractivity contribution in [2.24, 2.45) is 0 Å². The van der Waals surface area contributed by atoms with Crippen molar-refractivity contribution in [2.45, 2.75) is 0 Å². The summed E-state index contributed by atoms with van der Waals surface area (Å²) < 4.78 is 39.6. The molecule has 3 aromatic rings. The maximum Gasteiger partial charge on any atom is 0.211 e. The van der Waals surface area contributed by atoms with Crippen LogP contribution in [0.5, 0.6) is 0 Å². The van der Waals surface area contributed by atoms with E-state index >= 15 is 0 Å². The van der Waals surface area contributed by atoms with Gasteiger partial charge in [-0.3, -0.25) is 4.98 Å². The van der Waals surface area contributed by atoms with Crippen LogP contribution in [-0.2, 0) is 10.0 Å². The third kappa shape index (κ3) is 3.85. The molecule has 0 radical (unpaired) electrons.